The summed E-state index contributed by atoms with van der Waals surface area (Å²) >= 11 is 4.90. The van der Waals surface area contributed by atoms with Crippen LogP contribution in [0.2, 0.25) is 0 Å². The third-order valence-corrected chi connectivity index (χ3v) is 6.21. The molecule has 1 amide bonds. The molecule has 4 aromatic rings. The predicted molar refractivity (Wildman–Crippen MR) is 125 cm³/mol. The van der Waals surface area contributed by atoms with Crippen LogP contribution in [0.4, 0.5) is 5.13 Å². The molecule has 2 heterocycles. The molecular formula is C22H20BrN3O3S. The summed E-state index contributed by atoms with van der Waals surface area (Å²) in [5.41, 5.74) is 0.649. The van der Waals surface area contributed by atoms with Gasteiger partial charge in [-0.15, -0.1) is 0 Å². The number of aromatic nitrogens is 1. The van der Waals surface area contributed by atoms with Crippen molar-refractivity contribution in [1.29, 1.82) is 0 Å². The monoisotopic (exact) mass is 485 g/mol. The van der Waals surface area contributed by atoms with Gasteiger partial charge in [-0.05, 0) is 57.4 Å². The van der Waals surface area contributed by atoms with E-state index in [1.165, 1.54) is 11.3 Å². The fraction of sp³-hybridized carbons (Fsp3) is 0.227. The zero-order valence-electron chi connectivity index (χ0n) is 16.6. The molecule has 0 aliphatic carbocycles. The minimum absolute atomic E-state index is 0.0130. The van der Waals surface area contributed by atoms with Crippen molar-refractivity contribution in [3.63, 3.8) is 0 Å². The van der Waals surface area contributed by atoms with E-state index in [1.54, 1.807) is 23.1 Å². The summed E-state index contributed by atoms with van der Waals surface area (Å²) in [6.45, 7) is 1.26. The average molecular weight is 486 g/mol. The highest BCUT2D eigenvalue weighted by molar-refractivity contribution is 9.10. The summed E-state index contributed by atoms with van der Waals surface area (Å²) in [7, 11) is 3.97. The highest BCUT2D eigenvalue weighted by Gasteiger charge is 2.24. The van der Waals surface area contributed by atoms with Crippen molar-refractivity contribution in [3.8, 4) is 0 Å². The van der Waals surface area contributed by atoms with Gasteiger partial charge in [-0.3, -0.25) is 9.69 Å². The Kier molecular flexibility index (Phi) is 5.99. The lowest BCUT2D eigenvalue weighted by Gasteiger charge is -2.20. The molecule has 4 rings (SSSR count). The van der Waals surface area contributed by atoms with E-state index in [-0.39, 0.29) is 5.56 Å². The highest BCUT2D eigenvalue weighted by atomic mass is 79.9. The number of fused-ring (bicyclic) bond motifs is 2. The van der Waals surface area contributed by atoms with Gasteiger partial charge in [-0.1, -0.05) is 45.5 Å². The number of para-hydroxylation sites is 1. The van der Waals surface area contributed by atoms with E-state index in [0.29, 0.717) is 22.6 Å². The second-order valence-electron chi connectivity index (χ2n) is 7.21. The van der Waals surface area contributed by atoms with Gasteiger partial charge in [0, 0.05) is 16.4 Å². The Balaban J connectivity index is 1.75. The van der Waals surface area contributed by atoms with Crippen molar-refractivity contribution in [1.82, 2.24) is 9.88 Å². The number of hydrogen-bond donors (Lipinski definition) is 0. The lowest BCUT2D eigenvalue weighted by atomic mass is 10.1. The number of hydrogen-bond acceptors (Lipinski definition) is 6. The Morgan fingerprint density at radius 1 is 1.13 bits per heavy atom. The van der Waals surface area contributed by atoms with Gasteiger partial charge in [0.25, 0.3) is 5.91 Å². The molecule has 0 bridgehead atoms. The SMILES string of the molecule is CN(C)CCCN(C(=O)c1cc2ccccc2oc1=O)c1nc2ccc(Br)cc2s1. The number of amides is 1. The van der Waals surface area contributed by atoms with Crippen LogP contribution in [0.15, 0.2) is 62.2 Å². The molecule has 30 heavy (non-hydrogen) atoms. The van der Waals surface area contributed by atoms with Crippen LogP contribution in [0, 0.1) is 0 Å². The van der Waals surface area contributed by atoms with Crippen LogP contribution in [0.5, 0.6) is 0 Å². The lowest BCUT2D eigenvalue weighted by Crippen LogP contribution is -2.36. The van der Waals surface area contributed by atoms with Crippen LogP contribution in [-0.4, -0.2) is 43.0 Å². The van der Waals surface area contributed by atoms with Crippen molar-refractivity contribution in [3.05, 3.63) is 69.0 Å². The van der Waals surface area contributed by atoms with Crippen LogP contribution >= 0.6 is 27.3 Å². The van der Waals surface area contributed by atoms with Crippen molar-refractivity contribution in [2.45, 2.75) is 6.42 Å². The molecule has 154 valence electrons. The summed E-state index contributed by atoms with van der Waals surface area (Å²) in [4.78, 5) is 34.3. The molecule has 0 unspecified atom stereocenters. The van der Waals surface area contributed by atoms with Gasteiger partial charge in [0.1, 0.15) is 11.1 Å². The number of thiazole rings is 1. The number of halogens is 1. The zero-order valence-corrected chi connectivity index (χ0v) is 19.0. The van der Waals surface area contributed by atoms with Gasteiger partial charge in [-0.2, -0.15) is 0 Å². The van der Waals surface area contributed by atoms with Crippen LogP contribution in [0.1, 0.15) is 16.8 Å². The Morgan fingerprint density at radius 3 is 2.73 bits per heavy atom. The number of rotatable bonds is 6. The number of carbonyl (C=O) groups is 1. The van der Waals surface area contributed by atoms with Gasteiger partial charge in [0.15, 0.2) is 5.13 Å². The molecule has 0 saturated carbocycles. The number of anilines is 1. The van der Waals surface area contributed by atoms with E-state index < -0.39 is 11.5 Å². The molecule has 0 spiro atoms. The minimum atomic E-state index is -0.639. The van der Waals surface area contributed by atoms with Crippen molar-refractivity contribution < 1.29 is 9.21 Å². The van der Waals surface area contributed by atoms with E-state index in [0.717, 1.165) is 27.7 Å². The van der Waals surface area contributed by atoms with Gasteiger partial charge < -0.3 is 9.32 Å². The Morgan fingerprint density at radius 2 is 1.93 bits per heavy atom. The number of benzene rings is 2. The van der Waals surface area contributed by atoms with Crippen LogP contribution in [-0.2, 0) is 0 Å². The summed E-state index contributed by atoms with van der Waals surface area (Å²) < 4.78 is 7.30. The van der Waals surface area contributed by atoms with E-state index in [9.17, 15) is 9.59 Å². The van der Waals surface area contributed by atoms with E-state index >= 15 is 0 Å². The maximum absolute atomic E-state index is 13.4. The van der Waals surface area contributed by atoms with Crippen LogP contribution < -0.4 is 10.5 Å². The molecule has 2 aromatic carbocycles. The lowest BCUT2D eigenvalue weighted by molar-refractivity contribution is 0.0982. The third kappa shape index (κ3) is 4.30. The second-order valence-corrected chi connectivity index (χ2v) is 9.13. The molecule has 0 atom stereocenters. The molecule has 6 nitrogen and oxygen atoms in total. The molecule has 0 fully saturated rings. The van der Waals surface area contributed by atoms with Crippen molar-refractivity contribution >= 4 is 59.5 Å². The third-order valence-electron chi connectivity index (χ3n) is 4.67. The van der Waals surface area contributed by atoms with E-state index in [1.807, 2.05) is 44.4 Å². The molecule has 2 aromatic heterocycles. The first-order valence-corrected chi connectivity index (χ1v) is 11.1. The van der Waals surface area contributed by atoms with Crippen molar-refractivity contribution in [2.75, 3.05) is 32.1 Å². The first kappa shape index (κ1) is 20.7. The normalized spacial score (nSPS) is 11.5. The largest absolute Gasteiger partial charge is 0.422 e. The molecule has 0 aliphatic rings. The number of nitrogens with zero attached hydrogens (tertiary/aromatic N) is 3. The second kappa shape index (κ2) is 8.67. The Bertz CT molecular complexity index is 1280. The predicted octanol–water partition coefficient (Wildman–Crippen LogP) is 4.76. The van der Waals surface area contributed by atoms with Gasteiger partial charge >= 0.3 is 5.63 Å². The zero-order chi connectivity index (χ0) is 21.3. The summed E-state index contributed by atoms with van der Waals surface area (Å²) in [6.07, 6.45) is 0.747. The molecule has 0 N–H and O–H groups in total. The average Bonchev–Trinajstić information content (AvgIpc) is 3.12. The fourth-order valence-corrected chi connectivity index (χ4v) is 4.73. The minimum Gasteiger partial charge on any atom is -0.422 e. The van der Waals surface area contributed by atoms with Gasteiger partial charge in [0.2, 0.25) is 0 Å². The Hall–Kier alpha value is -2.55. The quantitative estimate of drug-likeness (QED) is 0.368. The smallest absolute Gasteiger partial charge is 0.349 e. The number of carbonyl (C=O) groups excluding carboxylic acids is 1. The van der Waals surface area contributed by atoms with E-state index in [2.05, 4.69) is 25.8 Å². The maximum atomic E-state index is 13.4. The molecule has 8 heteroatoms. The first-order valence-electron chi connectivity index (χ1n) is 9.48. The molecule has 0 aliphatic heterocycles. The molecule has 0 saturated heterocycles. The Labute approximate surface area is 185 Å². The molecular weight excluding hydrogens is 466 g/mol. The highest BCUT2D eigenvalue weighted by Crippen LogP contribution is 2.31. The van der Waals surface area contributed by atoms with Crippen molar-refractivity contribution in [2.24, 2.45) is 0 Å². The summed E-state index contributed by atoms with van der Waals surface area (Å²) in [5.74, 6) is -0.397. The standard InChI is InChI=1S/C22H20BrN3O3S/c1-25(2)10-5-11-26(22-24-17-9-8-15(23)13-19(17)30-22)20(27)16-12-14-6-3-4-7-18(14)29-21(16)28/h3-4,6-9,12-13H,5,10-11H2,1-2H3. The molecule has 0 radical (unpaired) electrons. The first-order chi connectivity index (χ1) is 14.4. The van der Waals surface area contributed by atoms with E-state index in [4.69, 9.17) is 4.42 Å². The maximum Gasteiger partial charge on any atom is 0.349 e. The van der Waals surface area contributed by atoms with Gasteiger partial charge in [0.05, 0.1) is 10.2 Å². The topological polar surface area (TPSA) is 66.7 Å². The van der Waals surface area contributed by atoms with Crippen LogP contribution in [0.3, 0.4) is 0 Å². The van der Waals surface area contributed by atoms with Crippen LogP contribution in [0.25, 0.3) is 21.2 Å². The fourth-order valence-electron chi connectivity index (χ4n) is 3.19. The van der Waals surface area contributed by atoms with Gasteiger partial charge in [-0.25, -0.2) is 9.78 Å². The summed E-state index contributed by atoms with van der Waals surface area (Å²) in [6, 6.07) is 14.6. The summed E-state index contributed by atoms with van der Waals surface area (Å²) in [5, 5.41) is 1.28.